The Labute approximate surface area is 79.5 Å². The van der Waals surface area contributed by atoms with Crippen LogP contribution in [0.4, 0.5) is 5.69 Å². The van der Waals surface area contributed by atoms with E-state index in [0.717, 1.165) is 12.8 Å². The van der Waals surface area contributed by atoms with Crippen molar-refractivity contribution in [1.82, 2.24) is 0 Å². The molecule has 1 aliphatic rings. The molecular formula is C12H15N. The Morgan fingerprint density at radius 2 is 2.31 bits per heavy atom. The first-order valence-electron chi connectivity index (χ1n) is 4.85. The van der Waals surface area contributed by atoms with Crippen molar-refractivity contribution < 1.29 is 0 Å². The normalized spacial score (nSPS) is 17.2. The van der Waals surface area contributed by atoms with Gasteiger partial charge in [-0.3, -0.25) is 0 Å². The molecule has 0 atom stereocenters. The van der Waals surface area contributed by atoms with Crippen LogP contribution >= 0.6 is 0 Å². The topological polar surface area (TPSA) is 12.0 Å². The zero-order valence-electron chi connectivity index (χ0n) is 8.22. The summed E-state index contributed by atoms with van der Waals surface area (Å²) in [5.74, 6) is 0. The minimum absolute atomic E-state index is 1.07. The van der Waals surface area contributed by atoms with Crippen LogP contribution < -0.4 is 5.32 Å². The van der Waals surface area contributed by atoms with Crippen LogP contribution in [0.5, 0.6) is 0 Å². The molecule has 1 aromatic rings. The van der Waals surface area contributed by atoms with E-state index in [0.29, 0.717) is 0 Å². The fourth-order valence-corrected chi connectivity index (χ4v) is 1.75. The van der Waals surface area contributed by atoms with Gasteiger partial charge in [-0.1, -0.05) is 25.1 Å². The van der Waals surface area contributed by atoms with Gasteiger partial charge in [-0.25, -0.2) is 0 Å². The van der Waals surface area contributed by atoms with Crippen molar-refractivity contribution in [1.29, 1.82) is 0 Å². The highest BCUT2D eigenvalue weighted by Crippen LogP contribution is 2.28. The first-order valence-corrected chi connectivity index (χ1v) is 4.85. The number of rotatable bonds is 1. The zero-order chi connectivity index (χ0) is 9.26. The Kier molecular flexibility index (Phi) is 2.09. The maximum Gasteiger partial charge on any atom is 0.0420 e. The summed E-state index contributed by atoms with van der Waals surface area (Å²) in [6.07, 6.45) is 4.44. The van der Waals surface area contributed by atoms with Crippen molar-refractivity contribution in [3.05, 3.63) is 41.1 Å². The molecule has 0 saturated carbocycles. The molecule has 1 N–H and O–H groups in total. The van der Waals surface area contributed by atoms with Gasteiger partial charge in [-0.05, 0) is 30.5 Å². The average Bonchev–Trinajstić information content (AvgIpc) is 2.46. The van der Waals surface area contributed by atoms with Gasteiger partial charge in [0.2, 0.25) is 0 Å². The molecule has 13 heavy (non-hydrogen) atoms. The number of anilines is 1. The van der Waals surface area contributed by atoms with Crippen molar-refractivity contribution in [3.8, 4) is 0 Å². The zero-order valence-corrected chi connectivity index (χ0v) is 8.22. The number of aryl methyl sites for hydroxylation is 1. The van der Waals surface area contributed by atoms with Crippen LogP contribution in [0.25, 0.3) is 0 Å². The molecule has 0 bridgehead atoms. The molecule has 1 nitrogen and oxygen atoms in total. The van der Waals surface area contributed by atoms with Crippen molar-refractivity contribution in [2.45, 2.75) is 26.7 Å². The summed E-state index contributed by atoms with van der Waals surface area (Å²) in [5, 5.41) is 3.44. The minimum atomic E-state index is 1.07. The molecule has 0 spiro atoms. The fourth-order valence-electron chi connectivity index (χ4n) is 1.75. The number of fused-ring (bicyclic) bond motifs is 1. The maximum absolute atomic E-state index is 3.44. The molecule has 1 heterocycles. The van der Waals surface area contributed by atoms with Crippen LogP contribution in [0.3, 0.4) is 0 Å². The Balaban J connectivity index is 2.30. The SMILES string of the molecule is CC/C=C1\Cc2ccc(C)cc2N1. The van der Waals surface area contributed by atoms with Crippen molar-refractivity contribution in [3.63, 3.8) is 0 Å². The average molecular weight is 173 g/mol. The molecule has 1 aromatic carbocycles. The predicted octanol–water partition coefficient (Wildman–Crippen LogP) is 3.26. The molecule has 0 saturated heterocycles. The molecule has 0 amide bonds. The molecule has 0 aromatic heterocycles. The Hall–Kier alpha value is -1.24. The summed E-state index contributed by atoms with van der Waals surface area (Å²) >= 11 is 0. The quantitative estimate of drug-likeness (QED) is 0.687. The maximum atomic E-state index is 3.44. The molecular weight excluding hydrogens is 158 g/mol. The Morgan fingerprint density at radius 1 is 1.46 bits per heavy atom. The molecule has 0 aliphatic carbocycles. The van der Waals surface area contributed by atoms with Crippen LogP contribution in [0.15, 0.2) is 30.0 Å². The third kappa shape index (κ3) is 1.59. The lowest BCUT2D eigenvalue weighted by Gasteiger charge is -1.99. The summed E-state index contributed by atoms with van der Waals surface area (Å²) in [5.41, 5.74) is 5.39. The van der Waals surface area contributed by atoms with Crippen molar-refractivity contribution in [2.24, 2.45) is 0 Å². The van der Waals surface area contributed by atoms with Gasteiger partial charge >= 0.3 is 0 Å². The van der Waals surface area contributed by atoms with E-state index in [2.05, 4.69) is 43.4 Å². The number of benzene rings is 1. The summed E-state index contributed by atoms with van der Waals surface area (Å²) in [6, 6.07) is 6.61. The number of hydrogen-bond donors (Lipinski definition) is 1. The minimum Gasteiger partial charge on any atom is -0.359 e. The second-order valence-electron chi connectivity index (χ2n) is 3.60. The smallest absolute Gasteiger partial charge is 0.0420 e. The van der Waals surface area contributed by atoms with Gasteiger partial charge in [0.25, 0.3) is 0 Å². The van der Waals surface area contributed by atoms with Gasteiger partial charge in [0, 0.05) is 17.8 Å². The molecule has 0 fully saturated rings. The number of allylic oxidation sites excluding steroid dienone is 2. The Morgan fingerprint density at radius 3 is 3.08 bits per heavy atom. The first kappa shape index (κ1) is 8.36. The summed E-state index contributed by atoms with van der Waals surface area (Å²) in [6.45, 7) is 4.30. The van der Waals surface area contributed by atoms with Crippen LogP contribution in [0.1, 0.15) is 24.5 Å². The highest BCUT2D eigenvalue weighted by Gasteiger charge is 2.13. The summed E-state index contributed by atoms with van der Waals surface area (Å²) < 4.78 is 0. The van der Waals surface area contributed by atoms with E-state index in [4.69, 9.17) is 0 Å². The predicted molar refractivity (Wildman–Crippen MR) is 56.9 cm³/mol. The van der Waals surface area contributed by atoms with E-state index >= 15 is 0 Å². The molecule has 1 heteroatoms. The number of hydrogen-bond acceptors (Lipinski definition) is 1. The summed E-state index contributed by atoms with van der Waals surface area (Å²) in [7, 11) is 0. The van der Waals surface area contributed by atoms with E-state index < -0.39 is 0 Å². The molecule has 0 unspecified atom stereocenters. The van der Waals surface area contributed by atoms with Crippen molar-refractivity contribution >= 4 is 5.69 Å². The van der Waals surface area contributed by atoms with E-state index in [1.165, 1.54) is 22.5 Å². The van der Waals surface area contributed by atoms with Crippen LogP contribution in [0, 0.1) is 6.92 Å². The number of nitrogens with one attached hydrogen (secondary N) is 1. The molecule has 1 aliphatic heterocycles. The molecule has 0 radical (unpaired) electrons. The Bertz CT molecular complexity index is 350. The molecule has 2 rings (SSSR count). The second-order valence-corrected chi connectivity index (χ2v) is 3.60. The van der Waals surface area contributed by atoms with Gasteiger partial charge in [0.15, 0.2) is 0 Å². The van der Waals surface area contributed by atoms with Crippen molar-refractivity contribution in [2.75, 3.05) is 5.32 Å². The first-order chi connectivity index (χ1) is 6.29. The van der Waals surface area contributed by atoms with Gasteiger partial charge in [0.1, 0.15) is 0 Å². The fraction of sp³-hybridized carbons (Fsp3) is 0.333. The monoisotopic (exact) mass is 173 g/mol. The summed E-state index contributed by atoms with van der Waals surface area (Å²) in [4.78, 5) is 0. The van der Waals surface area contributed by atoms with Crippen LogP contribution in [0.2, 0.25) is 0 Å². The lowest BCUT2D eigenvalue weighted by molar-refractivity contribution is 1.14. The highest BCUT2D eigenvalue weighted by molar-refractivity contribution is 5.63. The molecule has 68 valence electrons. The van der Waals surface area contributed by atoms with E-state index in [1.54, 1.807) is 0 Å². The van der Waals surface area contributed by atoms with Gasteiger partial charge in [-0.15, -0.1) is 0 Å². The van der Waals surface area contributed by atoms with E-state index in [1.807, 2.05) is 0 Å². The standard InChI is InChI=1S/C12H15N/c1-3-4-11-8-10-6-5-9(2)7-12(10)13-11/h4-7,13H,3,8H2,1-2H3/b11-4+. The van der Waals surface area contributed by atoms with Crippen LogP contribution in [-0.2, 0) is 6.42 Å². The van der Waals surface area contributed by atoms with Crippen LogP contribution in [-0.4, -0.2) is 0 Å². The van der Waals surface area contributed by atoms with Gasteiger partial charge < -0.3 is 5.32 Å². The third-order valence-corrected chi connectivity index (χ3v) is 2.39. The lowest BCUT2D eigenvalue weighted by Crippen LogP contribution is -1.90. The highest BCUT2D eigenvalue weighted by atomic mass is 14.9. The second kappa shape index (κ2) is 3.25. The van der Waals surface area contributed by atoms with E-state index in [-0.39, 0.29) is 0 Å². The largest absolute Gasteiger partial charge is 0.359 e. The van der Waals surface area contributed by atoms with E-state index in [9.17, 15) is 0 Å². The third-order valence-electron chi connectivity index (χ3n) is 2.39. The lowest BCUT2D eigenvalue weighted by atomic mass is 10.1. The van der Waals surface area contributed by atoms with Gasteiger partial charge in [-0.2, -0.15) is 0 Å². The van der Waals surface area contributed by atoms with Gasteiger partial charge in [0.05, 0.1) is 0 Å².